The SMILES string of the molecule is CCC(NC(=O)OC(C)(C)C)c1cccc(Nc2cc(C)ccn2)c1. The van der Waals surface area contributed by atoms with E-state index in [1.165, 1.54) is 0 Å². The zero-order valence-electron chi connectivity index (χ0n) is 15.6. The van der Waals surface area contributed by atoms with E-state index in [2.05, 4.69) is 15.6 Å². The van der Waals surface area contributed by atoms with Gasteiger partial charge in [0.15, 0.2) is 0 Å². The Kier molecular flexibility index (Phi) is 6.02. The van der Waals surface area contributed by atoms with Crippen LogP contribution in [0.5, 0.6) is 0 Å². The van der Waals surface area contributed by atoms with Gasteiger partial charge in [0.25, 0.3) is 0 Å². The normalized spacial score (nSPS) is 12.4. The number of anilines is 2. The van der Waals surface area contributed by atoms with Crippen molar-refractivity contribution in [3.05, 3.63) is 53.7 Å². The van der Waals surface area contributed by atoms with Gasteiger partial charge in [-0.25, -0.2) is 9.78 Å². The number of hydrogen-bond donors (Lipinski definition) is 2. The summed E-state index contributed by atoms with van der Waals surface area (Å²) in [5, 5.41) is 6.24. The van der Waals surface area contributed by atoms with Crippen LogP contribution in [0.4, 0.5) is 16.3 Å². The maximum Gasteiger partial charge on any atom is 0.408 e. The molecule has 1 amide bonds. The minimum atomic E-state index is -0.511. The minimum absolute atomic E-state index is 0.109. The highest BCUT2D eigenvalue weighted by atomic mass is 16.6. The third-order valence-electron chi connectivity index (χ3n) is 3.58. The lowest BCUT2D eigenvalue weighted by Gasteiger charge is -2.23. The van der Waals surface area contributed by atoms with E-state index in [0.29, 0.717) is 0 Å². The molecule has 0 fully saturated rings. The van der Waals surface area contributed by atoms with Gasteiger partial charge in [0.1, 0.15) is 11.4 Å². The molecule has 0 radical (unpaired) electrons. The van der Waals surface area contributed by atoms with Crippen molar-refractivity contribution in [3.63, 3.8) is 0 Å². The highest BCUT2D eigenvalue weighted by molar-refractivity contribution is 5.68. The van der Waals surface area contributed by atoms with Crippen LogP contribution in [0, 0.1) is 6.92 Å². The molecule has 0 saturated heterocycles. The second kappa shape index (κ2) is 8.01. The molecule has 2 N–H and O–H groups in total. The molecule has 2 rings (SSSR count). The average molecular weight is 341 g/mol. The molecule has 1 unspecified atom stereocenters. The van der Waals surface area contributed by atoms with Crippen LogP contribution in [-0.2, 0) is 4.74 Å². The van der Waals surface area contributed by atoms with Crippen molar-refractivity contribution in [2.45, 2.75) is 52.7 Å². The Morgan fingerprint density at radius 1 is 1.24 bits per heavy atom. The zero-order valence-corrected chi connectivity index (χ0v) is 15.6. The molecule has 0 spiro atoms. The van der Waals surface area contributed by atoms with Crippen molar-refractivity contribution in [2.24, 2.45) is 0 Å². The molecule has 1 aromatic carbocycles. The summed E-state index contributed by atoms with van der Waals surface area (Å²) in [6.07, 6.45) is 2.14. The number of benzene rings is 1. The Hall–Kier alpha value is -2.56. The first-order chi connectivity index (χ1) is 11.8. The summed E-state index contributed by atoms with van der Waals surface area (Å²) in [4.78, 5) is 16.4. The number of hydrogen-bond acceptors (Lipinski definition) is 4. The second-order valence-corrected chi connectivity index (χ2v) is 7.08. The molecule has 0 aliphatic heterocycles. The first-order valence-electron chi connectivity index (χ1n) is 8.56. The lowest BCUT2D eigenvalue weighted by atomic mass is 10.0. The topological polar surface area (TPSA) is 63.2 Å². The Morgan fingerprint density at radius 2 is 2.00 bits per heavy atom. The van der Waals surface area contributed by atoms with E-state index in [1.807, 2.05) is 71.0 Å². The molecule has 1 atom stereocenters. The minimum Gasteiger partial charge on any atom is -0.444 e. The summed E-state index contributed by atoms with van der Waals surface area (Å²) < 4.78 is 5.35. The summed E-state index contributed by atoms with van der Waals surface area (Å²) in [7, 11) is 0. The molecule has 5 nitrogen and oxygen atoms in total. The molecular formula is C20H27N3O2. The first kappa shape index (κ1) is 18.8. The van der Waals surface area contributed by atoms with Crippen LogP contribution in [0.25, 0.3) is 0 Å². The van der Waals surface area contributed by atoms with Crippen LogP contribution in [0.15, 0.2) is 42.6 Å². The van der Waals surface area contributed by atoms with Gasteiger partial charge in [0, 0.05) is 11.9 Å². The maximum absolute atomic E-state index is 12.1. The fourth-order valence-electron chi connectivity index (χ4n) is 2.46. The number of amides is 1. The number of rotatable bonds is 5. The van der Waals surface area contributed by atoms with Gasteiger partial charge in [-0.2, -0.15) is 0 Å². The Bertz CT molecular complexity index is 723. The monoisotopic (exact) mass is 341 g/mol. The van der Waals surface area contributed by atoms with Crippen LogP contribution in [0.1, 0.15) is 51.3 Å². The number of aryl methyl sites for hydroxylation is 1. The van der Waals surface area contributed by atoms with Gasteiger partial charge in [-0.3, -0.25) is 0 Å². The lowest BCUT2D eigenvalue weighted by molar-refractivity contribution is 0.0502. The molecule has 0 aliphatic carbocycles. The van der Waals surface area contributed by atoms with E-state index in [0.717, 1.165) is 29.1 Å². The van der Waals surface area contributed by atoms with Gasteiger partial charge in [0.2, 0.25) is 0 Å². The van der Waals surface area contributed by atoms with Gasteiger partial charge < -0.3 is 15.4 Å². The molecule has 134 valence electrons. The molecule has 1 heterocycles. The van der Waals surface area contributed by atoms with E-state index in [1.54, 1.807) is 6.20 Å². The quantitative estimate of drug-likeness (QED) is 0.793. The van der Waals surface area contributed by atoms with Crippen LogP contribution in [0.3, 0.4) is 0 Å². The number of carbonyl (C=O) groups excluding carboxylic acids is 1. The predicted molar refractivity (Wildman–Crippen MR) is 101 cm³/mol. The average Bonchev–Trinajstić information content (AvgIpc) is 2.51. The summed E-state index contributed by atoms with van der Waals surface area (Å²) in [5.41, 5.74) is 2.58. The van der Waals surface area contributed by atoms with Gasteiger partial charge in [-0.1, -0.05) is 19.1 Å². The van der Waals surface area contributed by atoms with Crippen LogP contribution < -0.4 is 10.6 Å². The third kappa shape index (κ3) is 6.10. The fraction of sp³-hybridized carbons (Fsp3) is 0.400. The molecule has 0 saturated carbocycles. The first-order valence-corrected chi connectivity index (χ1v) is 8.56. The van der Waals surface area contributed by atoms with Gasteiger partial charge in [-0.15, -0.1) is 0 Å². The van der Waals surface area contributed by atoms with Crippen molar-refractivity contribution >= 4 is 17.6 Å². The van der Waals surface area contributed by atoms with Gasteiger partial charge in [0.05, 0.1) is 6.04 Å². The second-order valence-electron chi connectivity index (χ2n) is 7.08. The smallest absolute Gasteiger partial charge is 0.408 e. The largest absolute Gasteiger partial charge is 0.444 e. The van der Waals surface area contributed by atoms with Crippen LogP contribution in [-0.4, -0.2) is 16.7 Å². The Morgan fingerprint density at radius 3 is 2.64 bits per heavy atom. The molecule has 0 aliphatic rings. The van der Waals surface area contributed by atoms with E-state index in [-0.39, 0.29) is 6.04 Å². The predicted octanol–water partition coefficient (Wildman–Crippen LogP) is 5.11. The van der Waals surface area contributed by atoms with E-state index < -0.39 is 11.7 Å². The summed E-state index contributed by atoms with van der Waals surface area (Å²) >= 11 is 0. The highest BCUT2D eigenvalue weighted by Crippen LogP contribution is 2.23. The number of ether oxygens (including phenoxy) is 1. The summed E-state index contributed by atoms with van der Waals surface area (Å²) in [5.74, 6) is 0.797. The Labute approximate surface area is 149 Å². The number of nitrogens with zero attached hydrogens (tertiary/aromatic N) is 1. The van der Waals surface area contributed by atoms with Crippen LogP contribution >= 0.6 is 0 Å². The molecule has 25 heavy (non-hydrogen) atoms. The lowest BCUT2D eigenvalue weighted by Crippen LogP contribution is -2.34. The fourth-order valence-corrected chi connectivity index (χ4v) is 2.46. The van der Waals surface area contributed by atoms with Crippen molar-refractivity contribution in [2.75, 3.05) is 5.32 Å². The van der Waals surface area contributed by atoms with Gasteiger partial charge >= 0.3 is 6.09 Å². The standard InChI is InChI=1S/C20H27N3O2/c1-6-17(23-19(24)25-20(3,4)5)15-8-7-9-16(13-15)22-18-12-14(2)10-11-21-18/h7-13,17H,6H2,1-5H3,(H,21,22)(H,23,24). The number of carbonyl (C=O) groups is 1. The maximum atomic E-state index is 12.1. The number of alkyl carbamates (subject to hydrolysis) is 1. The molecular weight excluding hydrogens is 314 g/mol. The zero-order chi connectivity index (χ0) is 18.4. The number of nitrogens with one attached hydrogen (secondary N) is 2. The van der Waals surface area contributed by atoms with E-state index in [9.17, 15) is 4.79 Å². The summed E-state index contributed by atoms with van der Waals surface area (Å²) in [6, 6.07) is 11.8. The van der Waals surface area contributed by atoms with Gasteiger partial charge in [-0.05, 0) is 69.5 Å². The third-order valence-corrected chi connectivity index (χ3v) is 3.58. The van der Waals surface area contributed by atoms with Crippen molar-refractivity contribution in [3.8, 4) is 0 Å². The molecule has 1 aromatic heterocycles. The van der Waals surface area contributed by atoms with E-state index >= 15 is 0 Å². The van der Waals surface area contributed by atoms with E-state index in [4.69, 9.17) is 4.74 Å². The number of pyridine rings is 1. The Balaban J connectivity index is 2.11. The van der Waals surface area contributed by atoms with Crippen LogP contribution in [0.2, 0.25) is 0 Å². The molecule has 2 aromatic rings. The summed E-state index contributed by atoms with van der Waals surface area (Å²) in [6.45, 7) is 9.62. The highest BCUT2D eigenvalue weighted by Gasteiger charge is 2.19. The molecule has 0 bridgehead atoms. The number of aromatic nitrogens is 1. The molecule has 5 heteroatoms. The van der Waals surface area contributed by atoms with Crippen molar-refractivity contribution < 1.29 is 9.53 Å². The van der Waals surface area contributed by atoms with Crippen molar-refractivity contribution in [1.82, 2.24) is 10.3 Å². The van der Waals surface area contributed by atoms with Crippen molar-refractivity contribution in [1.29, 1.82) is 0 Å².